The third kappa shape index (κ3) is 7.01. The molecule has 0 spiro atoms. The van der Waals surface area contributed by atoms with Crippen molar-refractivity contribution in [3.63, 3.8) is 0 Å². The summed E-state index contributed by atoms with van der Waals surface area (Å²) in [5.74, 6) is -4.92. The fourth-order valence-corrected chi connectivity index (χ4v) is 4.18. The van der Waals surface area contributed by atoms with Crippen LogP contribution in [0, 0.1) is 23.5 Å². The zero-order valence-corrected chi connectivity index (χ0v) is 18.0. The zero-order valence-electron chi connectivity index (χ0n) is 18.0. The quantitative estimate of drug-likeness (QED) is 0.357. The molecule has 0 unspecified atom stereocenters. The molecule has 2 nitrogen and oxygen atoms in total. The van der Waals surface area contributed by atoms with Crippen LogP contribution in [0.3, 0.4) is 0 Å². The largest absolute Gasteiger partial charge is 0.573 e. The number of benzene rings is 2. The summed E-state index contributed by atoms with van der Waals surface area (Å²) < 4.78 is 101. The number of ether oxygens (including phenoxy) is 2. The van der Waals surface area contributed by atoms with Crippen LogP contribution >= 0.6 is 0 Å². The predicted molar refractivity (Wildman–Crippen MR) is 108 cm³/mol. The van der Waals surface area contributed by atoms with Gasteiger partial charge in [-0.2, -0.15) is 8.78 Å². The van der Waals surface area contributed by atoms with Gasteiger partial charge in [0.15, 0.2) is 11.6 Å². The molecular formula is C24H25F7O2. The standard InChI is InChI=1S/C24H25F7O2/c1-2-15-3-5-16(6-4-15)7-8-17-9-11-18(12-10-17)23(27,28)32-19-13-20(25)22(21(26)14-19)33-24(29,30)31/h9-16H,2-8H2,1H3/t15-,16-. The van der Waals surface area contributed by atoms with Crippen molar-refractivity contribution in [1.29, 1.82) is 0 Å². The second-order valence-electron chi connectivity index (χ2n) is 8.41. The molecule has 0 radical (unpaired) electrons. The van der Waals surface area contributed by atoms with Crippen molar-refractivity contribution in [3.05, 3.63) is 59.2 Å². The summed E-state index contributed by atoms with van der Waals surface area (Å²) in [6, 6.07) is 5.84. The molecule has 0 amide bonds. The highest BCUT2D eigenvalue weighted by molar-refractivity contribution is 5.36. The number of rotatable bonds is 8. The van der Waals surface area contributed by atoms with Crippen LogP contribution in [0.1, 0.15) is 56.6 Å². The van der Waals surface area contributed by atoms with Gasteiger partial charge in [0.05, 0.1) is 5.56 Å². The molecule has 0 aromatic heterocycles. The molecule has 1 aliphatic rings. The minimum absolute atomic E-state index is 0.208. The monoisotopic (exact) mass is 478 g/mol. The Morgan fingerprint density at radius 1 is 0.818 bits per heavy atom. The lowest BCUT2D eigenvalue weighted by atomic mass is 9.78. The van der Waals surface area contributed by atoms with E-state index in [0.29, 0.717) is 5.92 Å². The summed E-state index contributed by atoms with van der Waals surface area (Å²) in [6.07, 6.45) is -1.53. The Labute approximate surface area is 187 Å². The number of hydrogen-bond acceptors (Lipinski definition) is 2. The Morgan fingerprint density at radius 3 is 1.88 bits per heavy atom. The van der Waals surface area contributed by atoms with Gasteiger partial charge in [-0.05, 0) is 42.4 Å². The summed E-state index contributed by atoms with van der Waals surface area (Å²) in [7, 11) is 0. The van der Waals surface area contributed by atoms with E-state index in [1.54, 1.807) is 12.1 Å². The molecule has 0 bridgehead atoms. The van der Waals surface area contributed by atoms with Gasteiger partial charge in [0.1, 0.15) is 5.75 Å². The van der Waals surface area contributed by atoms with Crippen LogP contribution in [0.4, 0.5) is 30.7 Å². The average molecular weight is 478 g/mol. The van der Waals surface area contributed by atoms with E-state index < -0.39 is 41.2 Å². The number of aryl methyl sites for hydroxylation is 1. The van der Waals surface area contributed by atoms with Crippen LogP contribution in [0.15, 0.2) is 36.4 Å². The lowest BCUT2D eigenvalue weighted by Gasteiger charge is -2.27. The van der Waals surface area contributed by atoms with Gasteiger partial charge >= 0.3 is 12.5 Å². The summed E-state index contributed by atoms with van der Waals surface area (Å²) in [6.45, 7) is 2.20. The van der Waals surface area contributed by atoms with Crippen molar-refractivity contribution >= 4 is 0 Å². The van der Waals surface area contributed by atoms with Gasteiger partial charge < -0.3 is 9.47 Å². The van der Waals surface area contributed by atoms with E-state index in [1.165, 1.54) is 32.1 Å². The molecule has 33 heavy (non-hydrogen) atoms. The van der Waals surface area contributed by atoms with Crippen molar-refractivity contribution < 1.29 is 40.2 Å². The first kappa shape index (κ1) is 25.2. The van der Waals surface area contributed by atoms with Crippen molar-refractivity contribution in [2.45, 2.75) is 64.3 Å². The molecule has 0 heterocycles. The van der Waals surface area contributed by atoms with Gasteiger partial charge in [0.2, 0.25) is 5.75 Å². The second kappa shape index (κ2) is 10.2. The van der Waals surface area contributed by atoms with Crippen LogP contribution in [-0.4, -0.2) is 6.36 Å². The van der Waals surface area contributed by atoms with E-state index in [1.807, 2.05) is 0 Å². The summed E-state index contributed by atoms with van der Waals surface area (Å²) in [5, 5.41) is 0. The fourth-order valence-electron chi connectivity index (χ4n) is 4.18. The van der Waals surface area contributed by atoms with E-state index in [2.05, 4.69) is 16.4 Å². The molecule has 182 valence electrons. The van der Waals surface area contributed by atoms with Crippen molar-refractivity contribution in [2.24, 2.45) is 11.8 Å². The van der Waals surface area contributed by atoms with Gasteiger partial charge in [0, 0.05) is 12.1 Å². The lowest BCUT2D eigenvalue weighted by Crippen LogP contribution is -2.22. The minimum Gasteiger partial charge on any atom is -0.429 e. The lowest BCUT2D eigenvalue weighted by molar-refractivity contribution is -0.276. The van der Waals surface area contributed by atoms with Gasteiger partial charge in [-0.1, -0.05) is 51.2 Å². The van der Waals surface area contributed by atoms with Crippen LogP contribution in [-0.2, 0) is 12.5 Å². The predicted octanol–water partition coefficient (Wildman–Crippen LogP) is 8.14. The molecular weight excluding hydrogens is 453 g/mol. The third-order valence-electron chi connectivity index (χ3n) is 6.11. The Kier molecular flexibility index (Phi) is 7.80. The maximum Gasteiger partial charge on any atom is 0.573 e. The highest BCUT2D eigenvalue weighted by Gasteiger charge is 2.37. The third-order valence-corrected chi connectivity index (χ3v) is 6.11. The Balaban J connectivity index is 1.61. The smallest absolute Gasteiger partial charge is 0.429 e. The molecule has 9 heteroatoms. The molecule has 0 N–H and O–H groups in total. The maximum atomic E-state index is 14.5. The number of halogens is 7. The van der Waals surface area contributed by atoms with E-state index in [0.717, 1.165) is 36.5 Å². The first-order valence-corrected chi connectivity index (χ1v) is 10.9. The van der Waals surface area contributed by atoms with Crippen LogP contribution in [0.5, 0.6) is 11.5 Å². The normalized spacial score (nSPS) is 19.4. The maximum absolute atomic E-state index is 14.5. The SMILES string of the molecule is CC[C@H]1CC[C@H](CCc2ccc(C(F)(F)Oc3cc(F)c(OC(F)(F)F)c(F)c3)cc2)CC1. The average Bonchev–Trinajstić information content (AvgIpc) is 2.74. The fraction of sp³-hybridized carbons (Fsp3) is 0.500. The minimum atomic E-state index is -5.34. The number of alkyl halides is 5. The highest BCUT2D eigenvalue weighted by atomic mass is 19.4. The number of hydrogen-bond donors (Lipinski definition) is 0. The summed E-state index contributed by atoms with van der Waals surface area (Å²) >= 11 is 0. The van der Waals surface area contributed by atoms with E-state index >= 15 is 0 Å². The zero-order chi connectivity index (χ0) is 24.2. The van der Waals surface area contributed by atoms with E-state index in [4.69, 9.17) is 0 Å². The summed E-state index contributed by atoms with van der Waals surface area (Å²) in [5.41, 5.74) is 0.337. The van der Waals surface area contributed by atoms with Crippen molar-refractivity contribution in [1.82, 2.24) is 0 Å². The first-order valence-electron chi connectivity index (χ1n) is 10.9. The van der Waals surface area contributed by atoms with Crippen LogP contribution in [0.2, 0.25) is 0 Å². The Hall–Kier alpha value is -2.45. The van der Waals surface area contributed by atoms with Gasteiger partial charge in [-0.3, -0.25) is 0 Å². The molecule has 2 aromatic rings. The molecule has 1 saturated carbocycles. The molecule has 0 saturated heterocycles. The van der Waals surface area contributed by atoms with Gasteiger partial charge in [-0.15, -0.1) is 13.2 Å². The molecule has 1 fully saturated rings. The Morgan fingerprint density at radius 2 is 1.36 bits per heavy atom. The molecule has 3 rings (SSSR count). The first-order chi connectivity index (χ1) is 15.5. The summed E-state index contributed by atoms with van der Waals surface area (Å²) in [4.78, 5) is 0. The molecule has 1 aliphatic carbocycles. The molecule has 0 atom stereocenters. The topological polar surface area (TPSA) is 18.5 Å². The van der Waals surface area contributed by atoms with Crippen molar-refractivity contribution in [3.8, 4) is 11.5 Å². The van der Waals surface area contributed by atoms with E-state index in [9.17, 15) is 30.7 Å². The van der Waals surface area contributed by atoms with Gasteiger partial charge in [0.25, 0.3) is 0 Å². The Bertz CT molecular complexity index is 894. The second-order valence-corrected chi connectivity index (χ2v) is 8.41. The van der Waals surface area contributed by atoms with Crippen molar-refractivity contribution in [2.75, 3.05) is 0 Å². The molecule has 0 aliphatic heterocycles. The highest BCUT2D eigenvalue weighted by Crippen LogP contribution is 2.37. The van der Waals surface area contributed by atoms with Gasteiger partial charge in [-0.25, -0.2) is 8.78 Å². The molecule has 2 aromatic carbocycles. The van der Waals surface area contributed by atoms with E-state index in [-0.39, 0.29) is 12.1 Å². The van der Waals surface area contributed by atoms with Crippen LogP contribution in [0.25, 0.3) is 0 Å². The van der Waals surface area contributed by atoms with Crippen LogP contribution < -0.4 is 9.47 Å².